The van der Waals surface area contributed by atoms with Crippen LogP contribution in [0.2, 0.25) is 0 Å². The summed E-state index contributed by atoms with van der Waals surface area (Å²) in [6.45, 7) is 5.56. The number of carbonyl (C=O) groups excluding carboxylic acids is 2. The lowest BCUT2D eigenvalue weighted by atomic mass is 9.87. The number of fused-ring (bicyclic) bond motifs is 1. The number of para-hydroxylation sites is 1. The van der Waals surface area contributed by atoms with Gasteiger partial charge in [0.15, 0.2) is 0 Å². The van der Waals surface area contributed by atoms with Gasteiger partial charge in [-0.3, -0.25) is 19.6 Å². The number of nitrogens with zero attached hydrogens (tertiary/aromatic N) is 4. The van der Waals surface area contributed by atoms with E-state index in [1.54, 1.807) is 0 Å². The SMILES string of the molecule is O=C1N(CCN2CCOCC2)C(=O)C23CNC[C@H]2C[C@@H](c2ccnc4ccccc24)N13. The van der Waals surface area contributed by atoms with Gasteiger partial charge in [0.25, 0.3) is 5.91 Å². The fourth-order valence-corrected chi connectivity index (χ4v) is 6.01. The number of pyridine rings is 1. The molecule has 4 aliphatic heterocycles. The van der Waals surface area contributed by atoms with Gasteiger partial charge in [0.2, 0.25) is 0 Å². The van der Waals surface area contributed by atoms with Crippen LogP contribution in [0.1, 0.15) is 18.0 Å². The molecule has 1 aromatic heterocycles. The molecule has 6 rings (SSSR count). The van der Waals surface area contributed by atoms with Crippen LogP contribution < -0.4 is 5.32 Å². The van der Waals surface area contributed by atoms with E-state index in [9.17, 15) is 9.59 Å². The molecule has 0 radical (unpaired) electrons. The predicted octanol–water partition coefficient (Wildman–Crippen LogP) is 1.23. The first kappa shape index (κ1) is 19.2. The van der Waals surface area contributed by atoms with Gasteiger partial charge in [0.05, 0.1) is 24.8 Å². The second-order valence-corrected chi connectivity index (χ2v) is 8.98. The van der Waals surface area contributed by atoms with Gasteiger partial charge < -0.3 is 15.0 Å². The standard InChI is InChI=1S/C23H27N5O3/c29-21-23-15-24-14-16(23)13-20(18-5-6-25-19-4-2-1-3-17(18)19)28(23)22(30)27(21)8-7-26-9-11-31-12-10-26/h1-6,16,20,24H,7-15H2/t16-,20+,23?/m1/s1. The summed E-state index contributed by atoms with van der Waals surface area (Å²) in [4.78, 5) is 37.5. The quantitative estimate of drug-likeness (QED) is 0.749. The zero-order chi connectivity index (χ0) is 21.0. The molecule has 1 unspecified atom stereocenters. The third-order valence-corrected chi connectivity index (χ3v) is 7.55. The van der Waals surface area contributed by atoms with Gasteiger partial charge in [-0.2, -0.15) is 0 Å². The van der Waals surface area contributed by atoms with E-state index in [1.807, 2.05) is 35.4 Å². The Morgan fingerprint density at radius 1 is 1.13 bits per heavy atom. The van der Waals surface area contributed by atoms with Gasteiger partial charge in [0, 0.05) is 56.8 Å². The summed E-state index contributed by atoms with van der Waals surface area (Å²) in [5, 5.41) is 4.45. The van der Waals surface area contributed by atoms with E-state index < -0.39 is 5.54 Å². The Kier molecular flexibility index (Phi) is 4.48. The predicted molar refractivity (Wildman–Crippen MR) is 114 cm³/mol. The van der Waals surface area contributed by atoms with E-state index in [0.717, 1.165) is 42.5 Å². The fraction of sp³-hybridized carbons (Fsp3) is 0.522. The number of aromatic nitrogens is 1. The lowest BCUT2D eigenvalue weighted by molar-refractivity contribution is -0.133. The van der Waals surface area contributed by atoms with Crippen molar-refractivity contribution < 1.29 is 14.3 Å². The molecule has 8 nitrogen and oxygen atoms in total. The summed E-state index contributed by atoms with van der Waals surface area (Å²) in [5.41, 5.74) is 1.26. The molecular formula is C23H27N5O3. The summed E-state index contributed by atoms with van der Waals surface area (Å²) >= 11 is 0. The molecule has 31 heavy (non-hydrogen) atoms. The number of ether oxygens (including phenoxy) is 1. The molecule has 5 heterocycles. The first-order chi connectivity index (χ1) is 15.2. The molecule has 0 saturated carbocycles. The van der Waals surface area contributed by atoms with E-state index in [2.05, 4.69) is 21.3 Å². The molecule has 4 fully saturated rings. The number of rotatable bonds is 4. The number of benzene rings is 1. The Bertz CT molecular complexity index is 1030. The largest absolute Gasteiger partial charge is 0.379 e. The van der Waals surface area contributed by atoms with Crippen molar-refractivity contribution in [2.75, 3.05) is 52.5 Å². The minimum atomic E-state index is -0.753. The van der Waals surface area contributed by atoms with E-state index in [0.29, 0.717) is 32.8 Å². The second kappa shape index (κ2) is 7.25. The summed E-state index contributed by atoms with van der Waals surface area (Å²) in [7, 11) is 0. The monoisotopic (exact) mass is 421 g/mol. The van der Waals surface area contributed by atoms with Crippen molar-refractivity contribution in [3.63, 3.8) is 0 Å². The van der Waals surface area contributed by atoms with Crippen molar-refractivity contribution in [2.45, 2.75) is 18.0 Å². The number of amides is 3. The lowest BCUT2D eigenvalue weighted by Crippen LogP contribution is -2.51. The van der Waals surface area contributed by atoms with E-state index in [1.165, 1.54) is 4.90 Å². The number of urea groups is 1. The Hall–Kier alpha value is -2.55. The van der Waals surface area contributed by atoms with Crippen LogP contribution in [-0.4, -0.2) is 89.6 Å². The van der Waals surface area contributed by atoms with Gasteiger partial charge in [-0.15, -0.1) is 0 Å². The zero-order valence-corrected chi connectivity index (χ0v) is 17.5. The van der Waals surface area contributed by atoms with Crippen LogP contribution in [0.3, 0.4) is 0 Å². The fourth-order valence-electron chi connectivity index (χ4n) is 6.01. The third-order valence-electron chi connectivity index (χ3n) is 7.55. The number of morpholine rings is 1. The Labute approximate surface area is 181 Å². The molecule has 3 amide bonds. The van der Waals surface area contributed by atoms with Crippen LogP contribution in [0.5, 0.6) is 0 Å². The normalized spacial score (nSPS) is 31.0. The summed E-state index contributed by atoms with van der Waals surface area (Å²) in [5.74, 6) is 0.107. The maximum atomic E-state index is 13.7. The highest BCUT2D eigenvalue weighted by molar-refractivity contribution is 6.08. The first-order valence-corrected chi connectivity index (χ1v) is 11.2. The molecule has 1 spiro atoms. The molecule has 4 aliphatic rings. The zero-order valence-electron chi connectivity index (χ0n) is 17.5. The molecular weight excluding hydrogens is 394 g/mol. The van der Waals surface area contributed by atoms with Crippen molar-refractivity contribution in [3.05, 3.63) is 42.1 Å². The maximum Gasteiger partial charge on any atom is 0.328 e. The van der Waals surface area contributed by atoms with E-state index in [-0.39, 0.29) is 23.9 Å². The smallest absolute Gasteiger partial charge is 0.328 e. The Balaban J connectivity index is 1.34. The molecule has 3 atom stereocenters. The van der Waals surface area contributed by atoms with Crippen LogP contribution in [0.4, 0.5) is 4.79 Å². The minimum Gasteiger partial charge on any atom is -0.379 e. The van der Waals surface area contributed by atoms with Crippen LogP contribution in [0.15, 0.2) is 36.5 Å². The summed E-state index contributed by atoms with van der Waals surface area (Å²) in [6, 6.07) is 9.81. The van der Waals surface area contributed by atoms with Crippen molar-refractivity contribution in [2.24, 2.45) is 5.92 Å². The average molecular weight is 422 g/mol. The highest BCUT2D eigenvalue weighted by Gasteiger charge is 2.68. The first-order valence-electron chi connectivity index (χ1n) is 11.2. The van der Waals surface area contributed by atoms with Crippen LogP contribution in [0, 0.1) is 5.92 Å². The minimum absolute atomic E-state index is 0.0263. The van der Waals surface area contributed by atoms with Gasteiger partial charge in [-0.05, 0) is 24.1 Å². The molecule has 4 saturated heterocycles. The maximum absolute atomic E-state index is 13.7. The number of nitrogens with one attached hydrogen (secondary N) is 1. The number of imide groups is 1. The van der Waals surface area contributed by atoms with Gasteiger partial charge in [-0.25, -0.2) is 4.79 Å². The van der Waals surface area contributed by atoms with Gasteiger partial charge >= 0.3 is 6.03 Å². The van der Waals surface area contributed by atoms with E-state index >= 15 is 0 Å². The van der Waals surface area contributed by atoms with Crippen molar-refractivity contribution in [1.82, 2.24) is 25.0 Å². The highest BCUT2D eigenvalue weighted by Crippen LogP contribution is 2.53. The molecule has 8 heteroatoms. The Morgan fingerprint density at radius 3 is 2.84 bits per heavy atom. The molecule has 1 N–H and O–H groups in total. The van der Waals surface area contributed by atoms with Gasteiger partial charge in [-0.1, -0.05) is 18.2 Å². The molecule has 1 aromatic carbocycles. The molecule has 162 valence electrons. The Morgan fingerprint density at radius 2 is 1.97 bits per heavy atom. The van der Waals surface area contributed by atoms with E-state index in [4.69, 9.17) is 4.74 Å². The topological polar surface area (TPSA) is 78.0 Å². The third kappa shape index (κ3) is 2.75. The van der Waals surface area contributed by atoms with Crippen LogP contribution in [-0.2, 0) is 9.53 Å². The van der Waals surface area contributed by atoms with Crippen molar-refractivity contribution in [3.8, 4) is 0 Å². The number of hydrogen-bond acceptors (Lipinski definition) is 6. The van der Waals surface area contributed by atoms with Gasteiger partial charge in [0.1, 0.15) is 5.54 Å². The second-order valence-electron chi connectivity index (χ2n) is 8.98. The lowest BCUT2D eigenvalue weighted by Gasteiger charge is -2.31. The summed E-state index contributed by atoms with van der Waals surface area (Å²) in [6.07, 6.45) is 2.62. The molecule has 0 aliphatic carbocycles. The molecule has 0 bridgehead atoms. The highest BCUT2D eigenvalue weighted by atomic mass is 16.5. The van der Waals surface area contributed by atoms with Crippen molar-refractivity contribution in [1.29, 1.82) is 0 Å². The molecule has 2 aromatic rings. The average Bonchev–Trinajstić information content (AvgIpc) is 3.41. The number of hydrogen-bond donors (Lipinski definition) is 1. The van der Waals surface area contributed by atoms with Crippen LogP contribution in [0.25, 0.3) is 10.9 Å². The number of carbonyl (C=O) groups is 2. The van der Waals surface area contributed by atoms with Crippen LogP contribution >= 0.6 is 0 Å². The summed E-state index contributed by atoms with van der Waals surface area (Å²) < 4.78 is 5.42. The van der Waals surface area contributed by atoms with Crippen molar-refractivity contribution >= 4 is 22.8 Å².